The smallest absolute Gasteiger partial charge is 0.105 e. The van der Waals surface area contributed by atoms with Crippen molar-refractivity contribution in [3.05, 3.63) is 54.7 Å². The third-order valence-corrected chi connectivity index (χ3v) is 4.36. The van der Waals surface area contributed by atoms with Crippen molar-refractivity contribution in [2.45, 2.75) is 18.4 Å². The molecule has 1 aromatic carbocycles. The van der Waals surface area contributed by atoms with Gasteiger partial charge in [0.15, 0.2) is 0 Å². The van der Waals surface area contributed by atoms with Gasteiger partial charge in [-0.1, -0.05) is 37.3 Å². The van der Waals surface area contributed by atoms with Crippen LogP contribution in [0.25, 0.3) is 22.5 Å². The number of aromatic nitrogens is 3. The van der Waals surface area contributed by atoms with Gasteiger partial charge in [0.2, 0.25) is 0 Å². The van der Waals surface area contributed by atoms with E-state index in [2.05, 4.69) is 46.4 Å². The van der Waals surface area contributed by atoms with Crippen molar-refractivity contribution in [2.75, 3.05) is 5.75 Å². The molecule has 0 radical (unpaired) electrons. The highest BCUT2D eigenvalue weighted by atomic mass is 32.2. The van der Waals surface area contributed by atoms with Gasteiger partial charge in [-0.15, -0.1) is 11.8 Å². The second-order valence-electron chi connectivity index (χ2n) is 4.74. The van der Waals surface area contributed by atoms with Crippen molar-refractivity contribution in [3.8, 4) is 22.5 Å². The molecule has 0 unspecified atom stereocenters. The molecule has 106 valence electrons. The molecule has 21 heavy (non-hydrogen) atoms. The van der Waals surface area contributed by atoms with Gasteiger partial charge < -0.3 is 0 Å². The molecule has 0 fully saturated rings. The Bertz CT molecular complexity index is 707. The maximum absolute atomic E-state index is 4.49. The fourth-order valence-electron chi connectivity index (χ4n) is 2.13. The second-order valence-corrected chi connectivity index (χ2v) is 5.82. The lowest BCUT2D eigenvalue weighted by molar-refractivity contribution is 1.06. The number of hydrogen-bond acceptors (Lipinski definition) is 3. The number of nitrogens with zero attached hydrogens (tertiary/aromatic N) is 2. The molecule has 0 atom stereocenters. The normalized spacial score (nSPS) is 10.7. The summed E-state index contributed by atoms with van der Waals surface area (Å²) in [6.07, 6.45) is 2.98. The van der Waals surface area contributed by atoms with E-state index in [9.17, 15) is 0 Å². The van der Waals surface area contributed by atoms with Crippen molar-refractivity contribution < 1.29 is 0 Å². The number of pyridine rings is 1. The Morgan fingerprint density at radius 2 is 1.95 bits per heavy atom. The molecule has 0 aliphatic rings. The van der Waals surface area contributed by atoms with Crippen LogP contribution in [-0.4, -0.2) is 20.9 Å². The van der Waals surface area contributed by atoms with Crippen LogP contribution in [-0.2, 0) is 0 Å². The third kappa shape index (κ3) is 3.16. The first-order chi connectivity index (χ1) is 10.4. The average molecular weight is 295 g/mol. The lowest BCUT2D eigenvalue weighted by Crippen LogP contribution is -1.87. The fraction of sp³-hybridized carbons (Fsp3) is 0.176. The van der Waals surface area contributed by atoms with Gasteiger partial charge in [0.25, 0.3) is 0 Å². The molecular formula is C17H17N3S. The molecule has 0 bridgehead atoms. The Balaban J connectivity index is 1.93. The van der Waals surface area contributed by atoms with E-state index < -0.39 is 0 Å². The largest absolute Gasteiger partial charge is 0.277 e. The molecule has 2 aromatic heterocycles. The van der Waals surface area contributed by atoms with Crippen LogP contribution in [0.1, 0.15) is 13.3 Å². The Labute approximate surface area is 128 Å². The van der Waals surface area contributed by atoms with Gasteiger partial charge in [0.1, 0.15) is 5.03 Å². The van der Waals surface area contributed by atoms with Gasteiger partial charge in [-0.05, 0) is 30.4 Å². The van der Waals surface area contributed by atoms with Crippen LogP contribution in [0.2, 0.25) is 0 Å². The minimum Gasteiger partial charge on any atom is -0.277 e. The van der Waals surface area contributed by atoms with Crippen molar-refractivity contribution in [1.82, 2.24) is 15.2 Å². The van der Waals surface area contributed by atoms with E-state index in [-0.39, 0.29) is 0 Å². The van der Waals surface area contributed by atoms with E-state index in [0.29, 0.717) is 0 Å². The average Bonchev–Trinajstić information content (AvgIpc) is 3.04. The van der Waals surface area contributed by atoms with Crippen LogP contribution < -0.4 is 0 Å². The molecule has 0 amide bonds. The van der Waals surface area contributed by atoms with E-state index in [0.717, 1.165) is 39.7 Å². The van der Waals surface area contributed by atoms with Crippen LogP contribution in [0, 0.1) is 0 Å². The van der Waals surface area contributed by atoms with Crippen LogP contribution in [0.5, 0.6) is 0 Å². The summed E-state index contributed by atoms with van der Waals surface area (Å²) >= 11 is 1.79. The van der Waals surface area contributed by atoms with Gasteiger partial charge in [-0.3, -0.25) is 5.10 Å². The number of rotatable bonds is 5. The van der Waals surface area contributed by atoms with Gasteiger partial charge in [0.05, 0.1) is 11.4 Å². The number of H-pyrrole nitrogens is 1. The van der Waals surface area contributed by atoms with Crippen LogP contribution >= 0.6 is 11.8 Å². The standard InChI is InChI=1S/C17H17N3S/c1-2-11-21-17-14(9-6-10-18-17)16-12-15(19-20-16)13-7-4-3-5-8-13/h3-10,12H,2,11H2,1H3,(H,19,20). The first-order valence-corrected chi connectivity index (χ1v) is 8.06. The van der Waals surface area contributed by atoms with Crippen LogP contribution in [0.15, 0.2) is 59.8 Å². The number of hydrogen-bond donors (Lipinski definition) is 1. The highest BCUT2D eigenvalue weighted by Gasteiger charge is 2.10. The molecule has 3 nitrogen and oxygen atoms in total. The molecule has 0 spiro atoms. The van der Waals surface area contributed by atoms with E-state index in [1.807, 2.05) is 30.5 Å². The number of nitrogens with one attached hydrogen (secondary N) is 1. The summed E-state index contributed by atoms with van der Waals surface area (Å²) in [5, 5.41) is 8.61. The molecule has 0 aliphatic heterocycles. The lowest BCUT2D eigenvalue weighted by atomic mass is 10.1. The van der Waals surface area contributed by atoms with Crippen molar-refractivity contribution >= 4 is 11.8 Å². The van der Waals surface area contributed by atoms with Crippen molar-refractivity contribution in [1.29, 1.82) is 0 Å². The minimum atomic E-state index is 0.959. The third-order valence-electron chi connectivity index (χ3n) is 3.15. The summed E-state index contributed by atoms with van der Waals surface area (Å²) in [6, 6.07) is 16.3. The zero-order valence-corrected chi connectivity index (χ0v) is 12.7. The summed E-state index contributed by atoms with van der Waals surface area (Å²) in [4.78, 5) is 4.49. The Morgan fingerprint density at radius 1 is 1.10 bits per heavy atom. The monoisotopic (exact) mass is 295 g/mol. The number of benzene rings is 1. The number of aromatic amines is 1. The molecular weight excluding hydrogens is 278 g/mol. The van der Waals surface area contributed by atoms with Gasteiger partial charge in [-0.25, -0.2) is 4.98 Å². The molecule has 0 saturated heterocycles. The second kappa shape index (κ2) is 6.59. The maximum Gasteiger partial charge on any atom is 0.105 e. The lowest BCUT2D eigenvalue weighted by Gasteiger charge is -2.04. The van der Waals surface area contributed by atoms with Crippen LogP contribution in [0.3, 0.4) is 0 Å². The molecule has 3 aromatic rings. The predicted molar refractivity (Wildman–Crippen MR) is 88.3 cm³/mol. The van der Waals surface area contributed by atoms with Crippen LogP contribution in [0.4, 0.5) is 0 Å². The molecule has 3 rings (SSSR count). The Morgan fingerprint density at radius 3 is 2.76 bits per heavy atom. The highest BCUT2D eigenvalue weighted by molar-refractivity contribution is 7.99. The first kappa shape index (κ1) is 13.9. The fourth-order valence-corrected chi connectivity index (χ4v) is 2.99. The molecule has 0 aliphatic carbocycles. The molecule has 2 heterocycles. The first-order valence-electron chi connectivity index (χ1n) is 7.07. The topological polar surface area (TPSA) is 41.6 Å². The SMILES string of the molecule is CCCSc1ncccc1-c1cc(-c2ccccc2)n[nH]1. The summed E-state index contributed by atoms with van der Waals surface area (Å²) in [5.74, 6) is 1.07. The summed E-state index contributed by atoms with van der Waals surface area (Å²) in [7, 11) is 0. The zero-order valence-electron chi connectivity index (χ0n) is 11.9. The Kier molecular flexibility index (Phi) is 4.36. The van der Waals surface area contributed by atoms with Crippen molar-refractivity contribution in [3.63, 3.8) is 0 Å². The minimum absolute atomic E-state index is 0.959. The molecule has 4 heteroatoms. The van der Waals surface area contributed by atoms with Crippen molar-refractivity contribution in [2.24, 2.45) is 0 Å². The summed E-state index contributed by atoms with van der Waals surface area (Å²) < 4.78 is 0. The summed E-state index contributed by atoms with van der Waals surface area (Å²) in [6.45, 7) is 2.18. The number of thioether (sulfide) groups is 1. The van der Waals surface area contributed by atoms with E-state index >= 15 is 0 Å². The predicted octanol–water partition coefficient (Wildman–Crippen LogP) is 4.64. The molecule has 1 N–H and O–H groups in total. The zero-order chi connectivity index (χ0) is 14.5. The summed E-state index contributed by atoms with van der Waals surface area (Å²) in [5.41, 5.74) is 4.21. The van der Waals surface area contributed by atoms with E-state index in [1.54, 1.807) is 11.8 Å². The van der Waals surface area contributed by atoms with Gasteiger partial charge in [0, 0.05) is 17.3 Å². The Hall–Kier alpha value is -2.07. The highest BCUT2D eigenvalue weighted by Crippen LogP contribution is 2.30. The van der Waals surface area contributed by atoms with E-state index in [4.69, 9.17) is 0 Å². The maximum atomic E-state index is 4.49. The van der Waals surface area contributed by atoms with Gasteiger partial charge >= 0.3 is 0 Å². The van der Waals surface area contributed by atoms with Gasteiger partial charge in [-0.2, -0.15) is 5.10 Å². The quantitative estimate of drug-likeness (QED) is 0.697. The van der Waals surface area contributed by atoms with E-state index in [1.165, 1.54) is 0 Å². The molecule has 0 saturated carbocycles.